The van der Waals surface area contributed by atoms with Crippen LogP contribution in [-0.4, -0.2) is 32.4 Å². The van der Waals surface area contributed by atoms with Crippen molar-refractivity contribution in [3.63, 3.8) is 0 Å². The number of nitriles is 1. The van der Waals surface area contributed by atoms with Crippen LogP contribution in [0.1, 0.15) is 42.9 Å². The SMILES string of the molecule is COc1ccc(Cn2c(=O)n(C3CCC(O)CC3)c3ccc([N+](=O)[O-])cc32)cc1C#N. The van der Waals surface area contributed by atoms with Crippen LogP contribution in [0.4, 0.5) is 5.69 Å². The van der Waals surface area contributed by atoms with Gasteiger partial charge in [-0.15, -0.1) is 0 Å². The molecule has 1 aliphatic rings. The van der Waals surface area contributed by atoms with Crippen LogP contribution in [0, 0.1) is 21.4 Å². The van der Waals surface area contributed by atoms with Gasteiger partial charge in [0.2, 0.25) is 0 Å². The molecule has 0 atom stereocenters. The van der Waals surface area contributed by atoms with E-state index < -0.39 is 4.92 Å². The molecule has 2 aromatic carbocycles. The summed E-state index contributed by atoms with van der Waals surface area (Å²) in [4.78, 5) is 24.3. The lowest BCUT2D eigenvalue weighted by Crippen LogP contribution is -2.31. The molecular formula is C22H22N4O5. The van der Waals surface area contributed by atoms with E-state index >= 15 is 0 Å². The number of hydrogen-bond acceptors (Lipinski definition) is 6. The number of methoxy groups -OCH3 is 1. The second kappa shape index (κ2) is 8.24. The normalized spacial score (nSPS) is 18.6. The van der Waals surface area contributed by atoms with E-state index in [2.05, 4.69) is 6.07 Å². The Morgan fingerprint density at radius 3 is 2.58 bits per heavy atom. The van der Waals surface area contributed by atoms with Gasteiger partial charge >= 0.3 is 5.69 Å². The second-order valence-corrected chi connectivity index (χ2v) is 7.78. The number of benzene rings is 2. The van der Waals surface area contributed by atoms with Crippen LogP contribution in [0.25, 0.3) is 11.0 Å². The van der Waals surface area contributed by atoms with E-state index in [1.54, 1.807) is 28.8 Å². The Balaban J connectivity index is 1.85. The molecule has 0 unspecified atom stereocenters. The fraction of sp³-hybridized carbons (Fsp3) is 0.364. The minimum atomic E-state index is -0.482. The second-order valence-electron chi connectivity index (χ2n) is 7.78. The summed E-state index contributed by atoms with van der Waals surface area (Å²) in [6, 6.07) is 11.5. The minimum absolute atomic E-state index is 0.0772. The van der Waals surface area contributed by atoms with Crippen LogP contribution in [0.2, 0.25) is 0 Å². The summed E-state index contributed by atoms with van der Waals surface area (Å²) >= 11 is 0. The van der Waals surface area contributed by atoms with Gasteiger partial charge in [-0.1, -0.05) is 6.07 Å². The summed E-state index contributed by atoms with van der Waals surface area (Å²) in [5, 5.41) is 30.5. The zero-order valence-electron chi connectivity index (χ0n) is 17.0. The molecule has 0 aliphatic heterocycles. The van der Waals surface area contributed by atoms with Gasteiger partial charge in [0.15, 0.2) is 0 Å². The predicted molar refractivity (Wildman–Crippen MR) is 113 cm³/mol. The molecule has 0 bridgehead atoms. The Labute approximate surface area is 177 Å². The highest BCUT2D eigenvalue weighted by atomic mass is 16.6. The lowest BCUT2D eigenvalue weighted by molar-refractivity contribution is -0.384. The fourth-order valence-electron chi connectivity index (χ4n) is 4.33. The van der Waals surface area contributed by atoms with Gasteiger partial charge in [-0.2, -0.15) is 5.26 Å². The molecule has 1 aliphatic carbocycles. The van der Waals surface area contributed by atoms with Gasteiger partial charge in [-0.25, -0.2) is 4.79 Å². The molecule has 0 saturated heterocycles. The van der Waals surface area contributed by atoms with E-state index in [1.165, 1.54) is 23.8 Å². The number of fused-ring (bicyclic) bond motifs is 1. The summed E-state index contributed by atoms with van der Waals surface area (Å²) < 4.78 is 8.38. The third-order valence-electron chi connectivity index (χ3n) is 5.91. The third-order valence-corrected chi connectivity index (χ3v) is 5.91. The van der Waals surface area contributed by atoms with Crippen LogP contribution < -0.4 is 10.4 Å². The van der Waals surface area contributed by atoms with Gasteiger partial charge < -0.3 is 9.84 Å². The first-order valence-corrected chi connectivity index (χ1v) is 10.1. The Kier molecular flexibility index (Phi) is 5.48. The zero-order chi connectivity index (χ0) is 22.1. The highest BCUT2D eigenvalue weighted by Gasteiger charge is 2.26. The molecule has 160 valence electrons. The fourth-order valence-corrected chi connectivity index (χ4v) is 4.33. The van der Waals surface area contributed by atoms with Gasteiger partial charge in [0.05, 0.1) is 41.3 Å². The number of nitro benzene ring substituents is 1. The van der Waals surface area contributed by atoms with Crippen LogP contribution in [0.15, 0.2) is 41.2 Å². The number of non-ortho nitro benzene ring substituents is 1. The lowest BCUT2D eigenvalue weighted by atomic mass is 9.93. The van der Waals surface area contributed by atoms with Crippen LogP contribution >= 0.6 is 0 Å². The molecule has 1 heterocycles. The average Bonchev–Trinajstić information content (AvgIpc) is 3.05. The van der Waals surface area contributed by atoms with Crippen molar-refractivity contribution in [1.29, 1.82) is 5.26 Å². The maximum Gasteiger partial charge on any atom is 0.329 e. The molecular weight excluding hydrogens is 400 g/mol. The highest BCUT2D eigenvalue weighted by molar-refractivity contribution is 5.79. The Morgan fingerprint density at radius 2 is 1.94 bits per heavy atom. The number of aliphatic hydroxyl groups is 1. The molecule has 9 heteroatoms. The first kappa shape index (κ1) is 20.6. The van der Waals surface area contributed by atoms with Crippen LogP contribution in [-0.2, 0) is 6.54 Å². The van der Waals surface area contributed by atoms with Crippen molar-refractivity contribution >= 4 is 16.7 Å². The van der Waals surface area contributed by atoms with Gasteiger partial charge in [0.25, 0.3) is 5.69 Å². The maximum atomic E-state index is 13.4. The summed E-state index contributed by atoms with van der Waals surface area (Å²) in [5.74, 6) is 0.442. The number of nitrogens with zero attached hydrogens (tertiary/aromatic N) is 4. The smallest absolute Gasteiger partial charge is 0.329 e. The zero-order valence-corrected chi connectivity index (χ0v) is 17.0. The Hall–Kier alpha value is -3.64. The molecule has 0 amide bonds. The highest BCUT2D eigenvalue weighted by Crippen LogP contribution is 2.32. The number of nitro groups is 1. The number of aliphatic hydroxyl groups excluding tert-OH is 1. The molecule has 4 rings (SSSR count). The number of imidazole rings is 1. The first-order valence-electron chi connectivity index (χ1n) is 10.1. The number of aromatic nitrogens is 2. The van der Waals surface area contributed by atoms with E-state index in [0.29, 0.717) is 53.6 Å². The topological polar surface area (TPSA) is 123 Å². The molecule has 31 heavy (non-hydrogen) atoms. The summed E-state index contributed by atoms with van der Waals surface area (Å²) in [7, 11) is 1.48. The van der Waals surface area contributed by atoms with Gasteiger partial charge in [0.1, 0.15) is 11.8 Å². The van der Waals surface area contributed by atoms with E-state index in [1.807, 2.05) is 0 Å². The molecule has 1 saturated carbocycles. The first-order chi connectivity index (χ1) is 14.9. The van der Waals surface area contributed by atoms with Crippen LogP contribution in [0.5, 0.6) is 5.75 Å². The van der Waals surface area contributed by atoms with E-state index in [4.69, 9.17) is 4.74 Å². The molecule has 3 aromatic rings. The van der Waals surface area contributed by atoms with Crippen molar-refractivity contribution in [2.24, 2.45) is 0 Å². The van der Waals surface area contributed by atoms with Crippen molar-refractivity contribution in [3.8, 4) is 11.8 Å². The summed E-state index contributed by atoms with van der Waals surface area (Å²) in [5.41, 5.74) is 1.81. The maximum absolute atomic E-state index is 13.4. The van der Waals surface area contributed by atoms with Crippen molar-refractivity contribution in [2.75, 3.05) is 7.11 Å². The predicted octanol–water partition coefficient (Wildman–Crippen LogP) is 3.12. The average molecular weight is 422 g/mol. The molecule has 1 fully saturated rings. The lowest BCUT2D eigenvalue weighted by Gasteiger charge is -2.26. The molecule has 1 N–H and O–H groups in total. The summed E-state index contributed by atoms with van der Waals surface area (Å²) in [6.45, 7) is 0.164. The van der Waals surface area contributed by atoms with Crippen molar-refractivity contribution in [3.05, 3.63) is 68.1 Å². The third kappa shape index (κ3) is 3.78. The monoisotopic (exact) mass is 422 g/mol. The molecule has 0 radical (unpaired) electrons. The van der Waals surface area contributed by atoms with Gasteiger partial charge in [0, 0.05) is 18.2 Å². The van der Waals surface area contributed by atoms with Crippen molar-refractivity contribution in [2.45, 2.75) is 44.4 Å². The van der Waals surface area contributed by atoms with Crippen molar-refractivity contribution in [1.82, 2.24) is 9.13 Å². The largest absolute Gasteiger partial charge is 0.495 e. The summed E-state index contributed by atoms with van der Waals surface area (Å²) in [6.07, 6.45) is 2.20. The quantitative estimate of drug-likeness (QED) is 0.498. The number of hydrogen-bond donors (Lipinski definition) is 1. The molecule has 0 spiro atoms. The van der Waals surface area contributed by atoms with E-state index in [9.17, 15) is 25.3 Å². The van der Waals surface area contributed by atoms with E-state index in [0.717, 1.165) is 0 Å². The Morgan fingerprint density at radius 1 is 1.19 bits per heavy atom. The standard InChI is InChI=1S/C22H22N4O5/c1-31-21-9-2-14(10-15(21)12-23)13-24-20-11-17(26(29)30)5-8-19(20)25(22(24)28)16-3-6-18(27)7-4-16/h2,5,8-11,16,18,27H,3-4,6-7,13H2,1H3. The Bertz CT molecular complexity index is 1250. The minimum Gasteiger partial charge on any atom is -0.495 e. The van der Waals surface area contributed by atoms with Crippen LogP contribution in [0.3, 0.4) is 0 Å². The number of ether oxygens (including phenoxy) is 1. The van der Waals surface area contributed by atoms with E-state index in [-0.39, 0.29) is 30.1 Å². The van der Waals surface area contributed by atoms with Crippen molar-refractivity contribution < 1.29 is 14.8 Å². The van der Waals surface area contributed by atoms with Gasteiger partial charge in [-0.05, 0) is 49.4 Å². The molecule has 9 nitrogen and oxygen atoms in total. The molecule has 1 aromatic heterocycles. The number of rotatable bonds is 5. The van der Waals surface area contributed by atoms with Gasteiger partial charge in [-0.3, -0.25) is 19.2 Å².